The molecule has 28 heavy (non-hydrogen) atoms. The minimum atomic E-state index is -0.983. The molecular weight excluding hydrogens is 378 g/mol. The summed E-state index contributed by atoms with van der Waals surface area (Å²) in [6, 6.07) is 9.08. The number of carbonyl (C=O) groups is 2. The molecule has 0 bridgehead atoms. The summed E-state index contributed by atoms with van der Waals surface area (Å²) < 4.78 is 10.9. The molecule has 0 fully saturated rings. The summed E-state index contributed by atoms with van der Waals surface area (Å²) in [7, 11) is 0. The Morgan fingerprint density at radius 3 is 2.36 bits per heavy atom. The number of hydrogen-bond donors (Lipinski definition) is 1. The van der Waals surface area contributed by atoms with E-state index in [1.54, 1.807) is 25.1 Å². The third-order valence-corrected chi connectivity index (χ3v) is 4.90. The van der Waals surface area contributed by atoms with Crippen molar-refractivity contribution < 1.29 is 18.7 Å². The standard InChI is InChI=1S/C22H22ClNO4/c1-11-8-12(2)19(13(3)9-11)24-21(25)15(5)27-22(26)20-14(4)17-10-16(23)6-7-18(17)28-20/h6-10,15H,1-5H3,(H,24,25). The van der Waals surface area contributed by atoms with Crippen LogP contribution >= 0.6 is 11.6 Å². The highest BCUT2D eigenvalue weighted by atomic mass is 35.5. The average Bonchev–Trinajstić information content (AvgIpc) is 2.94. The van der Waals surface area contributed by atoms with Gasteiger partial charge in [-0.3, -0.25) is 4.79 Å². The monoisotopic (exact) mass is 399 g/mol. The van der Waals surface area contributed by atoms with E-state index < -0.39 is 18.0 Å². The molecule has 6 heteroatoms. The minimum Gasteiger partial charge on any atom is -0.449 e. The first-order valence-electron chi connectivity index (χ1n) is 8.95. The van der Waals surface area contributed by atoms with Crippen molar-refractivity contribution in [1.82, 2.24) is 0 Å². The topological polar surface area (TPSA) is 68.5 Å². The lowest BCUT2D eigenvalue weighted by Gasteiger charge is -2.16. The van der Waals surface area contributed by atoms with Crippen molar-refractivity contribution >= 4 is 40.1 Å². The van der Waals surface area contributed by atoms with Crippen molar-refractivity contribution in [2.24, 2.45) is 0 Å². The summed E-state index contributed by atoms with van der Waals surface area (Å²) >= 11 is 6.01. The summed E-state index contributed by atoms with van der Waals surface area (Å²) in [6.45, 7) is 9.13. The number of carbonyl (C=O) groups excluding carboxylic acids is 2. The second-order valence-corrected chi connectivity index (χ2v) is 7.44. The average molecular weight is 400 g/mol. The van der Waals surface area contributed by atoms with Crippen LogP contribution in [0.4, 0.5) is 5.69 Å². The second kappa shape index (κ2) is 7.68. The van der Waals surface area contributed by atoms with E-state index in [0.29, 0.717) is 16.2 Å². The Morgan fingerprint density at radius 1 is 1.07 bits per heavy atom. The van der Waals surface area contributed by atoms with Gasteiger partial charge in [-0.25, -0.2) is 4.79 Å². The zero-order valence-electron chi connectivity index (χ0n) is 16.5. The first-order valence-corrected chi connectivity index (χ1v) is 9.33. The fourth-order valence-electron chi connectivity index (χ4n) is 3.26. The number of amides is 1. The van der Waals surface area contributed by atoms with E-state index in [2.05, 4.69) is 5.32 Å². The van der Waals surface area contributed by atoms with Gasteiger partial charge in [-0.2, -0.15) is 0 Å². The Morgan fingerprint density at radius 2 is 1.71 bits per heavy atom. The zero-order chi connectivity index (χ0) is 20.6. The maximum Gasteiger partial charge on any atom is 0.375 e. The first-order chi connectivity index (χ1) is 13.2. The van der Waals surface area contributed by atoms with Crippen molar-refractivity contribution in [3.05, 3.63) is 63.4 Å². The maximum atomic E-state index is 12.5. The van der Waals surface area contributed by atoms with Gasteiger partial charge in [0.2, 0.25) is 5.76 Å². The molecule has 0 aliphatic rings. The Labute approximate surface area is 168 Å². The molecule has 0 spiro atoms. The van der Waals surface area contributed by atoms with Crippen molar-refractivity contribution in [3.8, 4) is 0 Å². The number of anilines is 1. The van der Waals surface area contributed by atoms with E-state index in [9.17, 15) is 9.59 Å². The van der Waals surface area contributed by atoms with E-state index in [1.165, 1.54) is 6.92 Å². The first kappa shape index (κ1) is 20.0. The highest BCUT2D eigenvalue weighted by Gasteiger charge is 2.25. The SMILES string of the molecule is Cc1cc(C)c(NC(=O)C(C)OC(=O)c2oc3ccc(Cl)cc3c2C)c(C)c1. The van der Waals surface area contributed by atoms with Crippen LogP contribution in [0, 0.1) is 27.7 Å². The fourth-order valence-corrected chi connectivity index (χ4v) is 3.43. The highest BCUT2D eigenvalue weighted by Crippen LogP contribution is 2.28. The van der Waals surface area contributed by atoms with E-state index in [-0.39, 0.29) is 5.76 Å². The van der Waals surface area contributed by atoms with Crippen LogP contribution in [0.15, 0.2) is 34.7 Å². The van der Waals surface area contributed by atoms with Crippen molar-refractivity contribution in [2.75, 3.05) is 5.32 Å². The van der Waals surface area contributed by atoms with Crippen LogP contribution < -0.4 is 5.32 Å². The minimum absolute atomic E-state index is 0.0691. The third-order valence-electron chi connectivity index (χ3n) is 4.66. The summed E-state index contributed by atoms with van der Waals surface area (Å²) in [5.74, 6) is -1.02. The van der Waals surface area contributed by atoms with Gasteiger partial charge in [0.05, 0.1) is 0 Å². The quantitative estimate of drug-likeness (QED) is 0.588. The van der Waals surface area contributed by atoms with Crippen LogP contribution in [0.5, 0.6) is 0 Å². The summed E-state index contributed by atoms with van der Waals surface area (Å²) in [5, 5.41) is 4.13. The van der Waals surface area contributed by atoms with Crippen LogP contribution in [0.2, 0.25) is 5.02 Å². The Hall–Kier alpha value is -2.79. The molecule has 1 amide bonds. The molecule has 1 aromatic heterocycles. The Kier molecular flexibility index (Phi) is 5.47. The molecule has 5 nitrogen and oxygen atoms in total. The van der Waals surface area contributed by atoms with Gasteiger partial charge in [0.15, 0.2) is 6.10 Å². The Balaban J connectivity index is 1.76. The van der Waals surface area contributed by atoms with E-state index in [4.69, 9.17) is 20.8 Å². The van der Waals surface area contributed by atoms with Gasteiger partial charge in [0.1, 0.15) is 5.58 Å². The van der Waals surface area contributed by atoms with Crippen LogP contribution in [-0.4, -0.2) is 18.0 Å². The summed E-state index contributed by atoms with van der Waals surface area (Å²) in [5.41, 5.74) is 4.92. The van der Waals surface area contributed by atoms with Crippen LogP contribution in [0.1, 0.15) is 39.7 Å². The van der Waals surface area contributed by atoms with Gasteiger partial charge in [0, 0.05) is 21.7 Å². The number of ether oxygens (including phenoxy) is 1. The lowest BCUT2D eigenvalue weighted by Crippen LogP contribution is -2.30. The van der Waals surface area contributed by atoms with Gasteiger partial charge >= 0.3 is 5.97 Å². The molecule has 1 atom stereocenters. The van der Waals surface area contributed by atoms with Crippen LogP contribution in [0.3, 0.4) is 0 Å². The van der Waals surface area contributed by atoms with Crippen molar-refractivity contribution in [3.63, 3.8) is 0 Å². The molecular formula is C22H22ClNO4. The molecule has 0 aliphatic carbocycles. The Bertz CT molecular complexity index is 1060. The molecule has 3 rings (SSSR count). The zero-order valence-corrected chi connectivity index (χ0v) is 17.2. The molecule has 1 heterocycles. The van der Waals surface area contributed by atoms with Gasteiger partial charge < -0.3 is 14.5 Å². The molecule has 146 valence electrons. The number of hydrogen-bond acceptors (Lipinski definition) is 4. The van der Waals surface area contributed by atoms with Gasteiger partial charge in [-0.1, -0.05) is 29.3 Å². The molecule has 1 N–H and O–H groups in total. The summed E-state index contributed by atoms with van der Waals surface area (Å²) in [6.07, 6.45) is -0.983. The van der Waals surface area contributed by atoms with Crippen LogP contribution in [-0.2, 0) is 9.53 Å². The molecule has 0 radical (unpaired) electrons. The predicted molar refractivity (Wildman–Crippen MR) is 110 cm³/mol. The smallest absolute Gasteiger partial charge is 0.375 e. The number of furan rings is 1. The van der Waals surface area contributed by atoms with E-state index in [1.807, 2.05) is 32.9 Å². The predicted octanol–water partition coefficient (Wildman–Crippen LogP) is 5.50. The number of esters is 1. The van der Waals surface area contributed by atoms with Gasteiger partial charge in [-0.05, 0) is 63.9 Å². The number of nitrogens with one attached hydrogen (secondary N) is 1. The molecule has 2 aromatic carbocycles. The molecule has 0 saturated carbocycles. The maximum absolute atomic E-state index is 12.5. The van der Waals surface area contributed by atoms with Gasteiger partial charge in [0.25, 0.3) is 5.91 Å². The van der Waals surface area contributed by atoms with Crippen molar-refractivity contribution in [2.45, 2.75) is 40.7 Å². The fraction of sp³-hybridized carbons (Fsp3) is 0.273. The number of rotatable bonds is 4. The van der Waals surface area contributed by atoms with Gasteiger partial charge in [-0.15, -0.1) is 0 Å². The highest BCUT2D eigenvalue weighted by molar-refractivity contribution is 6.31. The molecule has 0 aliphatic heterocycles. The lowest BCUT2D eigenvalue weighted by atomic mass is 10.0. The van der Waals surface area contributed by atoms with E-state index >= 15 is 0 Å². The van der Waals surface area contributed by atoms with Crippen molar-refractivity contribution in [1.29, 1.82) is 0 Å². The molecule has 3 aromatic rings. The van der Waals surface area contributed by atoms with E-state index in [0.717, 1.165) is 27.8 Å². The second-order valence-electron chi connectivity index (χ2n) is 7.01. The normalized spacial score (nSPS) is 12.1. The lowest BCUT2D eigenvalue weighted by molar-refractivity contribution is -0.123. The third kappa shape index (κ3) is 3.90. The van der Waals surface area contributed by atoms with Crippen LogP contribution in [0.25, 0.3) is 11.0 Å². The largest absolute Gasteiger partial charge is 0.449 e. The number of fused-ring (bicyclic) bond motifs is 1. The number of benzene rings is 2. The number of halogens is 1. The number of aryl methyl sites for hydroxylation is 4. The molecule has 1 unspecified atom stereocenters. The summed E-state index contributed by atoms with van der Waals surface area (Å²) in [4.78, 5) is 25.1. The molecule has 0 saturated heterocycles.